The molecule has 0 rings (SSSR count). The predicted octanol–water partition coefficient (Wildman–Crippen LogP) is 0.361. The zero-order valence-electron chi connectivity index (χ0n) is 9.07. The minimum atomic E-state index is -3.10. The van der Waals surface area contributed by atoms with Gasteiger partial charge < -0.3 is 14.9 Å². The molecule has 0 radical (unpaired) electrons. The molecule has 1 unspecified atom stereocenters. The van der Waals surface area contributed by atoms with E-state index in [1.807, 2.05) is 0 Å². The fourth-order valence-corrected chi connectivity index (χ4v) is 1.05. The first-order chi connectivity index (χ1) is 6.48. The van der Waals surface area contributed by atoms with Crippen molar-refractivity contribution < 1.29 is 24.5 Å². The van der Waals surface area contributed by atoms with Gasteiger partial charge in [-0.3, -0.25) is 4.79 Å². The number of carbonyl (C=O) groups is 2. The van der Waals surface area contributed by atoms with Crippen molar-refractivity contribution in [1.82, 2.24) is 0 Å². The van der Waals surface area contributed by atoms with E-state index in [-0.39, 0.29) is 0 Å². The Bertz CT molecular complexity index is 264. The SMILES string of the molecule is CC(Br)C(=O)C(O)(O)C(=O)OC(C)(C)C. The van der Waals surface area contributed by atoms with Gasteiger partial charge in [-0.1, -0.05) is 15.9 Å². The molecule has 0 amide bonds. The average molecular weight is 283 g/mol. The fraction of sp³-hybridized carbons (Fsp3) is 0.778. The third kappa shape index (κ3) is 4.27. The highest BCUT2D eigenvalue weighted by Gasteiger charge is 2.46. The van der Waals surface area contributed by atoms with Crippen LogP contribution < -0.4 is 0 Å². The number of carbonyl (C=O) groups excluding carboxylic acids is 2. The Balaban J connectivity index is 4.75. The minimum Gasteiger partial charge on any atom is -0.456 e. The molecule has 1 atom stereocenters. The summed E-state index contributed by atoms with van der Waals surface area (Å²) in [4.78, 5) is 21.7. The van der Waals surface area contributed by atoms with Crippen molar-refractivity contribution >= 4 is 27.7 Å². The standard InChI is InChI=1S/C9H15BrO5/c1-5(10)6(11)9(13,14)7(12)15-8(2,3)4/h5,13-14H,1-4H3. The minimum absolute atomic E-state index is 0.847. The van der Waals surface area contributed by atoms with Gasteiger partial charge in [-0.05, 0) is 27.7 Å². The van der Waals surface area contributed by atoms with Crippen LogP contribution in [0.4, 0.5) is 0 Å². The smallest absolute Gasteiger partial charge is 0.375 e. The third-order valence-electron chi connectivity index (χ3n) is 1.39. The van der Waals surface area contributed by atoms with E-state index in [9.17, 15) is 19.8 Å². The first-order valence-electron chi connectivity index (χ1n) is 4.35. The summed E-state index contributed by atoms with van der Waals surface area (Å²) in [6, 6.07) is 0. The van der Waals surface area contributed by atoms with Crippen molar-refractivity contribution in [3.05, 3.63) is 0 Å². The molecule has 0 aromatic carbocycles. The largest absolute Gasteiger partial charge is 0.456 e. The van der Waals surface area contributed by atoms with Gasteiger partial charge in [0.05, 0.1) is 4.83 Å². The molecular formula is C9H15BrO5. The van der Waals surface area contributed by atoms with E-state index < -0.39 is 28.0 Å². The van der Waals surface area contributed by atoms with Crippen LogP contribution in [-0.2, 0) is 14.3 Å². The van der Waals surface area contributed by atoms with Gasteiger partial charge in [0, 0.05) is 0 Å². The van der Waals surface area contributed by atoms with Gasteiger partial charge in [-0.2, -0.15) is 0 Å². The summed E-state index contributed by atoms with van der Waals surface area (Å²) < 4.78 is 4.69. The Labute approximate surface area is 96.6 Å². The molecule has 0 saturated heterocycles. The second kappa shape index (κ2) is 4.59. The Kier molecular flexibility index (Phi) is 4.45. The second-order valence-electron chi connectivity index (χ2n) is 4.15. The van der Waals surface area contributed by atoms with Gasteiger partial charge in [0.25, 0.3) is 0 Å². The first kappa shape index (κ1) is 14.5. The number of hydrogen-bond donors (Lipinski definition) is 2. The monoisotopic (exact) mass is 282 g/mol. The van der Waals surface area contributed by atoms with Crippen molar-refractivity contribution in [2.75, 3.05) is 0 Å². The number of halogens is 1. The highest BCUT2D eigenvalue weighted by Crippen LogP contribution is 2.16. The predicted molar refractivity (Wildman–Crippen MR) is 56.4 cm³/mol. The molecule has 0 aromatic rings. The molecule has 0 aliphatic heterocycles. The normalized spacial score (nSPS) is 14.6. The molecule has 2 N–H and O–H groups in total. The Hall–Kier alpha value is -0.460. The number of hydrogen-bond acceptors (Lipinski definition) is 5. The van der Waals surface area contributed by atoms with E-state index in [2.05, 4.69) is 15.9 Å². The molecule has 0 aromatic heterocycles. The Morgan fingerprint density at radius 3 is 1.93 bits per heavy atom. The molecular weight excluding hydrogens is 268 g/mol. The molecule has 0 spiro atoms. The number of aliphatic hydroxyl groups is 2. The van der Waals surface area contributed by atoms with Crippen LogP contribution in [0.25, 0.3) is 0 Å². The lowest BCUT2D eigenvalue weighted by molar-refractivity contribution is -0.216. The molecule has 15 heavy (non-hydrogen) atoms. The summed E-state index contributed by atoms with van der Waals surface area (Å²) in [7, 11) is 0. The van der Waals surface area contributed by atoms with Gasteiger partial charge >= 0.3 is 11.8 Å². The summed E-state index contributed by atoms with van der Waals surface area (Å²) in [6.45, 7) is 6.06. The Morgan fingerprint density at radius 1 is 1.27 bits per heavy atom. The van der Waals surface area contributed by atoms with Crippen LogP contribution in [0.2, 0.25) is 0 Å². The maximum atomic E-state index is 11.3. The van der Waals surface area contributed by atoms with Crippen LogP contribution in [0, 0.1) is 0 Å². The quantitative estimate of drug-likeness (QED) is 0.338. The molecule has 0 saturated carbocycles. The van der Waals surface area contributed by atoms with Crippen molar-refractivity contribution in [2.24, 2.45) is 0 Å². The molecule has 5 nitrogen and oxygen atoms in total. The lowest BCUT2D eigenvalue weighted by atomic mass is 10.1. The van der Waals surface area contributed by atoms with Gasteiger partial charge in [0.2, 0.25) is 5.78 Å². The highest BCUT2D eigenvalue weighted by molar-refractivity contribution is 9.10. The molecule has 0 heterocycles. The highest BCUT2D eigenvalue weighted by atomic mass is 79.9. The van der Waals surface area contributed by atoms with Gasteiger partial charge in [-0.25, -0.2) is 4.79 Å². The summed E-state index contributed by atoms with van der Waals surface area (Å²) >= 11 is 2.85. The number of rotatable bonds is 3. The summed E-state index contributed by atoms with van der Waals surface area (Å²) in [5.74, 6) is -5.53. The van der Waals surface area contributed by atoms with Crippen molar-refractivity contribution in [2.45, 2.75) is 43.9 Å². The number of esters is 1. The number of Topliss-reactive ketones (excluding diaryl/α,β-unsaturated/α-hetero) is 1. The van der Waals surface area contributed by atoms with Crippen molar-refractivity contribution in [1.29, 1.82) is 0 Å². The van der Waals surface area contributed by atoms with Crippen LogP contribution in [0.1, 0.15) is 27.7 Å². The van der Waals surface area contributed by atoms with E-state index in [0.717, 1.165) is 0 Å². The van der Waals surface area contributed by atoms with E-state index >= 15 is 0 Å². The first-order valence-corrected chi connectivity index (χ1v) is 5.26. The summed E-state index contributed by atoms with van der Waals surface area (Å²) in [5, 5.41) is 18.6. The lowest BCUT2D eigenvalue weighted by Gasteiger charge is -2.25. The molecule has 0 aliphatic rings. The topological polar surface area (TPSA) is 83.8 Å². The zero-order valence-corrected chi connectivity index (χ0v) is 10.7. The average Bonchev–Trinajstić information content (AvgIpc) is 1.99. The van der Waals surface area contributed by atoms with Crippen molar-refractivity contribution in [3.63, 3.8) is 0 Å². The van der Waals surface area contributed by atoms with Gasteiger partial charge in [-0.15, -0.1) is 0 Å². The number of ketones is 1. The van der Waals surface area contributed by atoms with E-state index in [0.29, 0.717) is 0 Å². The van der Waals surface area contributed by atoms with E-state index in [1.54, 1.807) is 20.8 Å². The van der Waals surface area contributed by atoms with Gasteiger partial charge in [0.15, 0.2) is 0 Å². The van der Waals surface area contributed by atoms with Crippen LogP contribution in [0.5, 0.6) is 0 Å². The molecule has 6 heteroatoms. The van der Waals surface area contributed by atoms with Crippen LogP contribution >= 0.6 is 15.9 Å². The maximum Gasteiger partial charge on any atom is 0.375 e. The summed E-state index contributed by atoms with van der Waals surface area (Å²) in [5.41, 5.74) is -0.885. The second-order valence-corrected chi connectivity index (χ2v) is 5.53. The van der Waals surface area contributed by atoms with Crippen LogP contribution in [0.3, 0.4) is 0 Å². The van der Waals surface area contributed by atoms with Crippen LogP contribution in [-0.4, -0.2) is 38.2 Å². The molecule has 88 valence electrons. The van der Waals surface area contributed by atoms with E-state index in [4.69, 9.17) is 4.74 Å². The summed E-state index contributed by atoms with van der Waals surface area (Å²) in [6.07, 6.45) is 0. The van der Waals surface area contributed by atoms with E-state index in [1.165, 1.54) is 6.92 Å². The third-order valence-corrected chi connectivity index (χ3v) is 1.80. The lowest BCUT2D eigenvalue weighted by Crippen LogP contribution is -2.52. The van der Waals surface area contributed by atoms with Crippen LogP contribution in [0.15, 0.2) is 0 Å². The number of alkyl halides is 1. The molecule has 0 bridgehead atoms. The molecule has 0 fully saturated rings. The fourth-order valence-electron chi connectivity index (χ4n) is 0.727. The number of ether oxygens (including phenoxy) is 1. The van der Waals surface area contributed by atoms with Gasteiger partial charge in [0.1, 0.15) is 5.60 Å². The van der Waals surface area contributed by atoms with Crippen molar-refractivity contribution in [3.8, 4) is 0 Å². The zero-order chi connectivity index (χ0) is 12.4. The maximum absolute atomic E-state index is 11.3. The molecule has 0 aliphatic carbocycles. The Morgan fingerprint density at radius 2 is 1.67 bits per heavy atom.